The lowest BCUT2D eigenvalue weighted by molar-refractivity contribution is -0.135. The van der Waals surface area contributed by atoms with Gasteiger partial charge in [-0.15, -0.1) is 6.58 Å². The van der Waals surface area contributed by atoms with Crippen LogP contribution in [0, 0.1) is 17.8 Å². The molecule has 2 heteroatoms. The van der Waals surface area contributed by atoms with Gasteiger partial charge in [-0.25, -0.2) is 0 Å². The molecule has 0 spiro atoms. The molecule has 1 saturated carbocycles. The first-order valence-electron chi connectivity index (χ1n) is 6.92. The second-order valence-corrected chi connectivity index (χ2v) is 5.70. The molecular weight excluding hydrogens is 210 g/mol. The molecule has 0 radical (unpaired) electrons. The van der Waals surface area contributed by atoms with Crippen LogP contribution in [0.1, 0.15) is 46.0 Å². The molecule has 0 aromatic rings. The molecule has 1 rings (SSSR count). The lowest BCUT2D eigenvalue weighted by Gasteiger charge is -2.23. The van der Waals surface area contributed by atoms with Crippen LogP contribution in [0.5, 0.6) is 0 Å². The minimum absolute atomic E-state index is 0.273. The number of rotatable bonds is 6. The van der Waals surface area contributed by atoms with Gasteiger partial charge in [0.25, 0.3) is 0 Å². The summed E-state index contributed by atoms with van der Waals surface area (Å²) in [6.07, 6.45) is 7.52. The minimum atomic E-state index is 0.273. The fraction of sp³-hybridized carbons (Fsp3) is 0.800. The molecule has 0 N–H and O–H groups in total. The second-order valence-electron chi connectivity index (χ2n) is 5.70. The lowest BCUT2D eigenvalue weighted by Crippen LogP contribution is -2.34. The van der Waals surface area contributed by atoms with E-state index in [2.05, 4.69) is 20.4 Å². The summed E-state index contributed by atoms with van der Waals surface area (Å²) in [5.41, 5.74) is 0. The van der Waals surface area contributed by atoms with Crippen molar-refractivity contribution < 1.29 is 4.79 Å². The van der Waals surface area contributed by atoms with Crippen molar-refractivity contribution in [2.45, 2.75) is 46.0 Å². The number of nitrogens with zero attached hydrogens (tertiary/aromatic N) is 1. The van der Waals surface area contributed by atoms with Crippen molar-refractivity contribution in [2.75, 3.05) is 13.6 Å². The smallest absolute Gasteiger partial charge is 0.225 e. The van der Waals surface area contributed by atoms with Gasteiger partial charge in [-0.2, -0.15) is 0 Å². The van der Waals surface area contributed by atoms with Crippen LogP contribution in [0.25, 0.3) is 0 Å². The van der Waals surface area contributed by atoms with Gasteiger partial charge in [0.15, 0.2) is 0 Å². The number of allylic oxidation sites excluding steroid dienone is 1. The van der Waals surface area contributed by atoms with Gasteiger partial charge in [-0.3, -0.25) is 4.79 Å². The zero-order chi connectivity index (χ0) is 12.8. The topological polar surface area (TPSA) is 20.3 Å². The SMILES string of the molecule is C=CCCCCN(C)C(=O)C1CC(C)CC1C. The molecule has 1 amide bonds. The highest BCUT2D eigenvalue weighted by Crippen LogP contribution is 2.36. The van der Waals surface area contributed by atoms with Crippen molar-refractivity contribution in [2.24, 2.45) is 17.8 Å². The monoisotopic (exact) mass is 237 g/mol. The van der Waals surface area contributed by atoms with Crippen molar-refractivity contribution in [1.29, 1.82) is 0 Å². The van der Waals surface area contributed by atoms with E-state index in [1.165, 1.54) is 6.42 Å². The van der Waals surface area contributed by atoms with Gasteiger partial charge < -0.3 is 4.90 Å². The van der Waals surface area contributed by atoms with Crippen LogP contribution in [0.15, 0.2) is 12.7 Å². The maximum absolute atomic E-state index is 12.3. The van der Waals surface area contributed by atoms with Crippen molar-refractivity contribution in [3.63, 3.8) is 0 Å². The number of carbonyl (C=O) groups is 1. The Kier molecular flexibility index (Phi) is 5.73. The zero-order valence-corrected chi connectivity index (χ0v) is 11.6. The highest BCUT2D eigenvalue weighted by atomic mass is 16.2. The molecule has 1 aliphatic carbocycles. The Morgan fingerprint density at radius 2 is 2.06 bits per heavy atom. The third-order valence-corrected chi connectivity index (χ3v) is 3.96. The van der Waals surface area contributed by atoms with Crippen LogP contribution in [0.3, 0.4) is 0 Å². The van der Waals surface area contributed by atoms with E-state index >= 15 is 0 Å². The molecule has 17 heavy (non-hydrogen) atoms. The van der Waals surface area contributed by atoms with Crippen LogP contribution in [-0.2, 0) is 4.79 Å². The number of unbranched alkanes of at least 4 members (excludes halogenated alkanes) is 2. The molecule has 3 unspecified atom stereocenters. The van der Waals surface area contributed by atoms with E-state index in [1.54, 1.807) is 0 Å². The fourth-order valence-corrected chi connectivity index (χ4v) is 2.94. The summed E-state index contributed by atoms with van der Waals surface area (Å²) < 4.78 is 0. The second kappa shape index (κ2) is 6.83. The molecule has 1 fully saturated rings. The van der Waals surface area contributed by atoms with E-state index in [4.69, 9.17) is 0 Å². The van der Waals surface area contributed by atoms with Crippen LogP contribution in [-0.4, -0.2) is 24.4 Å². The van der Waals surface area contributed by atoms with Gasteiger partial charge in [-0.1, -0.05) is 19.9 Å². The standard InChI is InChI=1S/C15H27NO/c1-5-6-7-8-9-16(4)15(17)14-11-12(2)10-13(14)3/h5,12-14H,1,6-11H2,2-4H3. The van der Waals surface area contributed by atoms with E-state index in [0.717, 1.165) is 32.2 Å². The molecule has 2 nitrogen and oxygen atoms in total. The first-order chi connectivity index (χ1) is 8.06. The van der Waals surface area contributed by atoms with Crippen LogP contribution in [0.4, 0.5) is 0 Å². The normalized spacial score (nSPS) is 28.1. The van der Waals surface area contributed by atoms with E-state index in [-0.39, 0.29) is 5.92 Å². The molecule has 0 saturated heterocycles. The minimum Gasteiger partial charge on any atom is -0.346 e. The van der Waals surface area contributed by atoms with Crippen molar-refractivity contribution >= 4 is 5.91 Å². The van der Waals surface area contributed by atoms with E-state index in [0.29, 0.717) is 17.7 Å². The molecule has 1 aliphatic rings. The number of amides is 1. The zero-order valence-electron chi connectivity index (χ0n) is 11.6. The van der Waals surface area contributed by atoms with Gasteiger partial charge in [0.05, 0.1) is 0 Å². The van der Waals surface area contributed by atoms with Crippen molar-refractivity contribution in [1.82, 2.24) is 4.90 Å². The van der Waals surface area contributed by atoms with Crippen LogP contribution >= 0.6 is 0 Å². The van der Waals surface area contributed by atoms with Gasteiger partial charge in [-0.05, 0) is 43.9 Å². The largest absolute Gasteiger partial charge is 0.346 e. The summed E-state index contributed by atoms with van der Waals surface area (Å²) in [5.74, 6) is 1.91. The van der Waals surface area contributed by atoms with Crippen LogP contribution < -0.4 is 0 Å². The maximum Gasteiger partial charge on any atom is 0.225 e. The number of carbonyl (C=O) groups excluding carboxylic acids is 1. The summed E-state index contributed by atoms with van der Waals surface area (Å²) in [6.45, 7) is 9.08. The maximum atomic E-state index is 12.3. The molecule has 0 aromatic carbocycles. The molecule has 98 valence electrons. The van der Waals surface area contributed by atoms with Crippen molar-refractivity contribution in [3.8, 4) is 0 Å². The summed E-state index contributed by atoms with van der Waals surface area (Å²) in [7, 11) is 1.95. The quantitative estimate of drug-likeness (QED) is 0.511. The Hall–Kier alpha value is -0.790. The molecule has 0 heterocycles. The predicted octanol–water partition coefficient (Wildman–Crippen LogP) is 3.48. The van der Waals surface area contributed by atoms with Crippen LogP contribution in [0.2, 0.25) is 0 Å². The number of hydrogen-bond donors (Lipinski definition) is 0. The highest BCUT2D eigenvalue weighted by Gasteiger charge is 2.35. The Morgan fingerprint density at radius 1 is 1.35 bits per heavy atom. The average Bonchev–Trinajstić information content (AvgIpc) is 2.62. The summed E-state index contributed by atoms with van der Waals surface area (Å²) in [5, 5.41) is 0. The average molecular weight is 237 g/mol. The van der Waals surface area contributed by atoms with E-state index < -0.39 is 0 Å². The molecule has 0 aliphatic heterocycles. The van der Waals surface area contributed by atoms with Gasteiger partial charge >= 0.3 is 0 Å². The molecule has 0 bridgehead atoms. The first kappa shape index (κ1) is 14.3. The summed E-state index contributed by atoms with van der Waals surface area (Å²) in [4.78, 5) is 14.2. The van der Waals surface area contributed by atoms with E-state index in [9.17, 15) is 4.79 Å². The first-order valence-corrected chi connectivity index (χ1v) is 6.92. The summed E-state index contributed by atoms with van der Waals surface area (Å²) >= 11 is 0. The Morgan fingerprint density at radius 3 is 2.59 bits per heavy atom. The summed E-state index contributed by atoms with van der Waals surface area (Å²) in [6, 6.07) is 0. The van der Waals surface area contributed by atoms with E-state index in [1.807, 2.05) is 18.0 Å². The Bertz CT molecular complexity index is 262. The van der Waals surface area contributed by atoms with Gasteiger partial charge in [0, 0.05) is 19.5 Å². The Labute approximate surface area is 106 Å². The fourth-order valence-electron chi connectivity index (χ4n) is 2.94. The molecule has 3 atom stereocenters. The lowest BCUT2D eigenvalue weighted by atomic mass is 9.96. The molecular formula is C15H27NO. The predicted molar refractivity (Wildman–Crippen MR) is 72.7 cm³/mol. The highest BCUT2D eigenvalue weighted by molar-refractivity contribution is 5.79. The third kappa shape index (κ3) is 4.18. The Balaban J connectivity index is 2.33. The third-order valence-electron chi connectivity index (χ3n) is 3.96. The molecule has 0 aromatic heterocycles. The van der Waals surface area contributed by atoms with Gasteiger partial charge in [0.2, 0.25) is 5.91 Å². The van der Waals surface area contributed by atoms with Gasteiger partial charge in [0.1, 0.15) is 0 Å². The van der Waals surface area contributed by atoms with Crippen molar-refractivity contribution in [3.05, 3.63) is 12.7 Å². The number of hydrogen-bond acceptors (Lipinski definition) is 1.